The molecule has 20 heavy (non-hydrogen) atoms. The van der Waals surface area contributed by atoms with E-state index in [1.54, 1.807) is 6.07 Å². The number of hydrogen-bond donors (Lipinski definition) is 1. The number of carbonyl (C=O) groups is 1. The van der Waals surface area contributed by atoms with Crippen molar-refractivity contribution in [3.8, 4) is 0 Å². The molecule has 1 N–H and O–H groups in total. The highest BCUT2D eigenvalue weighted by molar-refractivity contribution is 9.10. The Hall–Kier alpha value is -0.950. The minimum Gasteiger partial charge on any atom is -0.351 e. The Morgan fingerprint density at radius 1 is 1.40 bits per heavy atom. The third kappa shape index (κ3) is 5.58. The fourth-order valence-electron chi connectivity index (χ4n) is 1.71. The predicted octanol–water partition coefficient (Wildman–Crippen LogP) is 3.90. The number of benzene rings is 1. The van der Waals surface area contributed by atoms with Crippen LogP contribution in [0, 0.1) is 16.0 Å². The van der Waals surface area contributed by atoms with E-state index in [4.69, 9.17) is 0 Å². The molecule has 1 aromatic carbocycles. The molecule has 0 aliphatic carbocycles. The zero-order valence-corrected chi connectivity index (χ0v) is 14.4. The second-order valence-corrected chi connectivity index (χ2v) is 7.10. The number of non-ortho nitro benzene ring substituents is 1. The van der Waals surface area contributed by atoms with Crippen molar-refractivity contribution < 1.29 is 9.72 Å². The fraction of sp³-hybridized carbons (Fsp3) is 0.462. The van der Waals surface area contributed by atoms with Gasteiger partial charge in [-0.1, -0.05) is 45.7 Å². The molecule has 0 aliphatic rings. The molecule has 0 heterocycles. The van der Waals surface area contributed by atoms with Crippen LogP contribution in [0.25, 0.3) is 0 Å². The summed E-state index contributed by atoms with van der Waals surface area (Å²) in [7, 11) is 0. The van der Waals surface area contributed by atoms with Gasteiger partial charge in [0.2, 0.25) is 0 Å². The average molecular weight is 408 g/mol. The van der Waals surface area contributed by atoms with Crippen molar-refractivity contribution in [3.63, 3.8) is 0 Å². The van der Waals surface area contributed by atoms with Crippen LogP contribution < -0.4 is 5.32 Å². The quantitative estimate of drug-likeness (QED) is 0.441. The Labute approximate surface area is 134 Å². The molecule has 0 spiro atoms. The highest BCUT2D eigenvalue weighted by atomic mass is 79.9. The zero-order chi connectivity index (χ0) is 15.3. The predicted molar refractivity (Wildman–Crippen MR) is 85.3 cm³/mol. The molecular weight excluding hydrogens is 392 g/mol. The van der Waals surface area contributed by atoms with E-state index in [9.17, 15) is 14.9 Å². The molecule has 0 saturated heterocycles. The number of nitro benzene ring substituents is 1. The van der Waals surface area contributed by atoms with Crippen LogP contribution in [0.2, 0.25) is 0 Å². The van der Waals surface area contributed by atoms with Gasteiger partial charge in [-0.2, -0.15) is 0 Å². The van der Waals surface area contributed by atoms with E-state index in [2.05, 4.69) is 51.0 Å². The van der Waals surface area contributed by atoms with Crippen molar-refractivity contribution in [2.75, 3.05) is 6.54 Å². The van der Waals surface area contributed by atoms with Gasteiger partial charge in [0, 0.05) is 33.5 Å². The van der Waals surface area contributed by atoms with E-state index >= 15 is 0 Å². The molecule has 0 saturated carbocycles. The van der Waals surface area contributed by atoms with Crippen LogP contribution in [0.5, 0.6) is 0 Å². The second-order valence-electron chi connectivity index (χ2n) is 4.89. The number of nitrogens with zero attached hydrogens (tertiary/aromatic N) is 1. The summed E-state index contributed by atoms with van der Waals surface area (Å²) in [5.74, 6) is 0.214. The summed E-state index contributed by atoms with van der Waals surface area (Å²) in [6, 6.07) is 4.20. The largest absolute Gasteiger partial charge is 0.351 e. The monoisotopic (exact) mass is 406 g/mol. The molecular formula is C13H16Br2N2O3. The number of amides is 1. The van der Waals surface area contributed by atoms with Gasteiger partial charge in [0.15, 0.2) is 0 Å². The molecule has 1 unspecified atom stereocenters. The highest BCUT2D eigenvalue weighted by Gasteiger charge is 2.15. The Balaban J connectivity index is 2.70. The van der Waals surface area contributed by atoms with Crippen molar-refractivity contribution in [2.45, 2.75) is 25.1 Å². The topological polar surface area (TPSA) is 72.2 Å². The summed E-state index contributed by atoms with van der Waals surface area (Å²) in [5.41, 5.74) is 0.164. The average Bonchev–Trinajstić information content (AvgIpc) is 2.34. The first-order chi connectivity index (χ1) is 9.29. The molecule has 1 aromatic rings. The van der Waals surface area contributed by atoms with Crippen LogP contribution in [0.1, 0.15) is 30.6 Å². The molecule has 0 fully saturated rings. The molecule has 5 nitrogen and oxygen atoms in total. The standard InChI is InChI=1S/C13H16Br2N2O3/c1-8(2)3-11(15)7-16-13(18)9-4-10(14)6-12(5-9)17(19)20/h4-6,8,11H,3,7H2,1-2H3,(H,16,18). The molecule has 110 valence electrons. The van der Waals surface area contributed by atoms with Crippen LogP contribution in [0.3, 0.4) is 0 Å². The van der Waals surface area contributed by atoms with Gasteiger partial charge in [-0.05, 0) is 18.4 Å². The molecule has 1 atom stereocenters. The number of hydrogen-bond acceptors (Lipinski definition) is 3. The smallest absolute Gasteiger partial charge is 0.271 e. The molecule has 1 rings (SSSR count). The van der Waals surface area contributed by atoms with Crippen molar-refractivity contribution in [2.24, 2.45) is 5.92 Å². The maximum absolute atomic E-state index is 12.0. The van der Waals surface area contributed by atoms with Crippen molar-refractivity contribution in [1.29, 1.82) is 0 Å². The van der Waals surface area contributed by atoms with Crippen LogP contribution in [0.15, 0.2) is 22.7 Å². The lowest BCUT2D eigenvalue weighted by Gasteiger charge is -2.13. The molecule has 0 radical (unpaired) electrons. The van der Waals surface area contributed by atoms with Crippen LogP contribution >= 0.6 is 31.9 Å². The lowest BCUT2D eigenvalue weighted by molar-refractivity contribution is -0.385. The maximum Gasteiger partial charge on any atom is 0.271 e. The zero-order valence-electron chi connectivity index (χ0n) is 11.2. The van der Waals surface area contributed by atoms with Gasteiger partial charge in [0.25, 0.3) is 11.6 Å². The second kappa shape index (κ2) is 7.73. The van der Waals surface area contributed by atoms with Gasteiger partial charge in [-0.25, -0.2) is 0 Å². The van der Waals surface area contributed by atoms with Crippen LogP contribution in [-0.2, 0) is 0 Å². The van der Waals surface area contributed by atoms with Crippen LogP contribution in [-0.4, -0.2) is 22.2 Å². The van der Waals surface area contributed by atoms with Gasteiger partial charge < -0.3 is 5.32 Å². The minimum absolute atomic E-state index is 0.109. The van der Waals surface area contributed by atoms with Crippen molar-refractivity contribution >= 4 is 43.5 Å². The number of nitrogens with one attached hydrogen (secondary N) is 1. The first-order valence-electron chi connectivity index (χ1n) is 6.17. The molecule has 1 amide bonds. The number of rotatable bonds is 6. The first kappa shape index (κ1) is 17.1. The summed E-state index contributed by atoms with van der Waals surface area (Å²) in [5, 5.41) is 13.5. The normalized spacial score (nSPS) is 12.2. The number of carbonyl (C=O) groups excluding carboxylic acids is 1. The third-order valence-corrected chi connectivity index (χ3v) is 3.72. The Bertz CT molecular complexity index is 506. The van der Waals surface area contributed by atoms with E-state index in [0.29, 0.717) is 16.9 Å². The summed E-state index contributed by atoms with van der Waals surface area (Å²) < 4.78 is 0.509. The Morgan fingerprint density at radius 2 is 2.05 bits per heavy atom. The maximum atomic E-state index is 12.0. The summed E-state index contributed by atoms with van der Waals surface area (Å²) in [6.45, 7) is 4.69. The Kier molecular flexibility index (Phi) is 6.61. The molecule has 0 aromatic heterocycles. The number of halogens is 2. The highest BCUT2D eigenvalue weighted by Crippen LogP contribution is 2.21. The SMILES string of the molecule is CC(C)CC(Br)CNC(=O)c1cc(Br)cc([N+](=O)[O-])c1. The summed E-state index contributed by atoms with van der Waals surface area (Å²) in [6.07, 6.45) is 0.943. The van der Waals surface area contributed by atoms with E-state index in [-0.39, 0.29) is 22.0 Å². The van der Waals surface area contributed by atoms with Crippen molar-refractivity contribution in [3.05, 3.63) is 38.3 Å². The van der Waals surface area contributed by atoms with Gasteiger partial charge >= 0.3 is 0 Å². The van der Waals surface area contributed by atoms with E-state index in [1.165, 1.54) is 12.1 Å². The Morgan fingerprint density at radius 3 is 2.60 bits per heavy atom. The van der Waals surface area contributed by atoms with Gasteiger partial charge in [-0.15, -0.1) is 0 Å². The number of alkyl halides is 1. The van der Waals surface area contributed by atoms with E-state index in [1.807, 2.05) is 0 Å². The minimum atomic E-state index is -0.520. The van der Waals surface area contributed by atoms with E-state index < -0.39 is 4.92 Å². The summed E-state index contributed by atoms with van der Waals surface area (Å²) >= 11 is 6.67. The summed E-state index contributed by atoms with van der Waals surface area (Å²) in [4.78, 5) is 22.4. The van der Waals surface area contributed by atoms with Gasteiger partial charge in [0.05, 0.1) is 4.92 Å². The van der Waals surface area contributed by atoms with Gasteiger partial charge in [0.1, 0.15) is 0 Å². The molecule has 0 aliphatic heterocycles. The van der Waals surface area contributed by atoms with E-state index in [0.717, 1.165) is 6.42 Å². The first-order valence-corrected chi connectivity index (χ1v) is 7.87. The third-order valence-electron chi connectivity index (χ3n) is 2.57. The van der Waals surface area contributed by atoms with Crippen LogP contribution in [0.4, 0.5) is 5.69 Å². The molecule has 0 bridgehead atoms. The fourth-order valence-corrected chi connectivity index (χ4v) is 3.10. The number of nitro groups is 1. The lowest BCUT2D eigenvalue weighted by atomic mass is 10.1. The van der Waals surface area contributed by atoms with Crippen molar-refractivity contribution in [1.82, 2.24) is 5.32 Å². The lowest BCUT2D eigenvalue weighted by Crippen LogP contribution is -2.30. The van der Waals surface area contributed by atoms with Gasteiger partial charge in [-0.3, -0.25) is 14.9 Å². The molecule has 7 heteroatoms.